The molecule has 116 valence electrons. The maximum atomic E-state index is 12.0. The van der Waals surface area contributed by atoms with Crippen molar-refractivity contribution in [1.29, 1.82) is 0 Å². The van der Waals surface area contributed by atoms with Crippen LogP contribution in [0.5, 0.6) is 5.75 Å². The molecule has 22 heavy (non-hydrogen) atoms. The van der Waals surface area contributed by atoms with Gasteiger partial charge in [-0.1, -0.05) is 5.21 Å². The van der Waals surface area contributed by atoms with Crippen molar-refractivity contribution in [3.8, 4) is 11.4 Å². The molecule has 0 spiro atoms. The number of rotatable bonds is 5. The number of hydrogen-bond acceptors (Lipinski definition) is 5. The van der Waals surface area contributed by atoms with E-state index in [1.807, 2.05) is 0 Å². The predicted molar refractivity (Wildman–Crippen MR) is 77.2 cm³/mol. The van der Waals surface area contributed by atoms with E-state index >= 15 is 0 Å². The zero-order valence-electron chi connectivity index (χ0n) is 12.4. The zero-order chi connectivity index (χ0) is 16.3. The number of aromatic nitrogens is 3. The summed E-state index contributed by atoms with van der Waals surface area (Å²) in [6.07, 6.45) is 0. The Morgan fingerprint density at radius 2 is 1.95 bits per heavy atom. The van der Waals surface area contributed by atoms with Crippen LogP contribution in [-0.2, 0) is 4.79 Å². The van der Waals surface area contributed by atoms with Gasteiger partial charge in [0.2, 0.25) is 0 Å². The molecule has 2 aromatic rings. The van der Waals surface area contributed by atoms with E-state index in [0.717, 1.165) is 5.69 Å². The number of amides is 1. The van der Waals surface area contributed by atoms with Crippen LogP contribution in [0, 0.1) is 6.92 Å². The van der Waals surface area contributed by atoms with Crippen LogP contribution in [0.2, 0.25) is 0 Å². The predicted octanol–water partition coefficient (Wildman–Crippen LogP) is 0.787. The Morgan fingerprint density at radius 3 is 2.50 bits per heavy atom. The monoisotopic (exact) mass is 304 g/mol. The number of nitrogens with zero attached hydrogens (tertiary/aromatic N) is 3. The van der Waals surface area contributed by atoms with E-state index < -0.39 is 17.9 Å². The van der Waals surface area contributed by atoms with Gasteiger partial charge in [0.15, 0.2) is 5.69 Å². The number of carboxylic acids is 1. The van der Waals surface area contributed by atoms with Gasteiger partial charge >= 0.3 is 5.97 Å². The summed E-state index contributed by atoms with van der Waals surface area (Å²) in [5.74, 6) is -0.990. The SMILES string of the molecule is COc1ccc(-n2nnc(C(=O)NC(C)C(=O)O)c2C)cc1. The van der Waals surface area contributed by atoms with E-state index in [2.05, 4.69) is 15.6 Å². The molecular formula is C14H16N4O4. The summed E-state index contributed by atoms with van der Waals surface area (Å²) in [7, 11) is 1.57. The molecule has 0 saturated carbocycles. The smallest absolute Gasteiger partial charge is 0.325 e. The zero-order valence-corrected chi connectivity index (χ0v) is 12.4. The minimum Gasteiger partial charge on any atom is -0.497 e. The summed E-state index contributed by atoms with van der Waals surface area (Å²) in [5, 5.41) is 18.9. The highest BCUT2D eigenvalue weighted by atomic mass is 16.5. The maximum absolute atomic E-state index is 12.0. The molecule has 1 heterocycles. The standard InChI is InChI=1S/C14H16N4O4/c1-8(14(20)21)15-13(19)12-9(2)18(17-16-12)10-4-6-11(22-3)7-5-10/h4-8H,1-3H3,(H,15,19)(H,20,21). The molecule has 1 aromatic carbocycles. The van der Waals surface area contributed by atoms with Crippen LogP contribution in [0.3, 0.4) is 0 Å². The number of nitrogens with one attached hydrogen (secondary N) is 1. The minimum absolute atomic E-state index is 0.0870. The first-order valence-electron chi connectivity index (χ1n) is 6.54. The van der Waals surface area contributed by atoms with Crippen molar-refractivity contribution >= 4 is 11.9 Å². The van der Waals surface area contributed by atoms with E-state index in [1.54, 1.807) is 38.3 Å². The van der Waals surface area contributed by atoms with Gasteiger partial charge in [0.25, 0.3) is 5.91 Å². The van der Waals surface area contributed by atoms with Crippen molar-refractivity contribution in [2.24, 2.45) is 0 Å². The maximum Gasteiger partial charge on any atom is 0.325 e. The molecule has 0 aliphatic rings. The summed E-state index contributed by atoms with van der Waals surface area (Å²) < 4.78 is 6.58. The van der Waals surface area contributed by atoms with Gasteiger partial charge in [0.1, 0.15) is 11.8 Å². The molecule has 1 amide bonds. The molecule has 0 saturated heterocycles. The van der Waals surface area contributed by atoms with Gasteiger partial charge in [-0.05, 0) is 38.1 Å². The number of hydrogen-bond donors (Lipinski definition) is 2. The first-order chi connectivity index (χ1) is 10.4. The van der Waals surface area contributed by atoms with Gasteiger partial charge in [-0.2, -0.15) is 0 Å². The molecule has 0 aliphatic heterocycles. The van der Waals surface area contributed by atoms with Crippen molar-refractivity contribution in [2.45, 2.75) is 19.9 Å². The Balaban J connectivity index is 2.25. The lowest BCUT2D eigenvalue weighted by atomic mass is 10.2. The summed E-state index contributed by atoms with van der Waals surface area (Å²) in [6, 6.07) is 6.09. The summed E-state index contributed by atoms with van der Waals surface area (Å²) in [5.41, 5.74) is 1.32. The molecular weight excluding hydrogens is 288 g/mol. The van der Waals surface area contributed by atoms with E-state index in [4.69, 9.17) is 9.84 Å². The molecule has 0 bridgehead atoms. The molecule has 2 rings (SSSR count). The van der Waals surface area contributed by atoms with Crippen LogP contribution in [-0.4, -0.2) is 45.1 Å². The van der Waals surface area contributed by atoms with E-state index in [0.29, 0.717) is 11.4 Å². The first-order valence-corrected chi connectivity index (χ1v) is 6.54. The molecule has 1 unspecified atom stereocenters. The average Bonchev–Trinajstić information content (AvgIpc) is 2.89. The molecule has 0 aliphatic carbocycles. The molecule has 8 heteroatoms. The Bertz CT molecular complexity index is 693. The molecule has 1 aromatic heterocycles. The highest BCUT2D eigenvalue weighted by molar-refractivity contribution is 5.95. The Labute approximate surface area is 126 Å². The van der Waals surface area contributed by atoms with E-state index in [-0.39, 0.29) is 5.69 Å². The van der Waals surface area contributed by atoms with Crippen LogP contribution in [0.25, 0.3) is 5.69 Å². The van der Waals surface area contributed by atoms with Gasteiger partial charge < -0.3 is 15.2 Å². The number of aliphatic carboxylic acids is 1. The van der Waals surface area contributed by atoms with Gasteiger partial charge in [-0.25, -0.2) is 4.68 Å². The highest BCUT2D eigenvalue weighted by Gasteiger charge is 2.21. The molecule has 0 fully saturated rings. The van der Waals surface area contributed by atoms with Crippen LogP contribution in [0.15, 0.2) is 24.3 Å². The Hall–Kier alpha value is -2.90. The molecule has 0 radical (unpaired) electrons. The third-order valence-corrected chi connectivity index (χ3v) is 3.14. The van der Waals surface area contributed by atoms with Crippen LogP contribution in [0.1, 0.15) is 23.1 Å². The van der Waals surface area contributed by atoms with E-state index in [1.165, 1.54) is 11.6 Å². The fourth-order valence-electron chi connectivity index (χ4n) is 1.83. The second kappa shape index (κ2) is 6.25. The normalized spacial score (nSPS) is 11.8. The number of carbonyl (C=O) groups is 2. The van der Waals surface area contributed by atoms with Crippen molar-refractivity contribution in [3.05, 3.63) is 35.7 Å². The summed E-state index contributed by atoms with van der Waals surface area (Å²) >= 11 is 0. The van der Waals surface area contributed by atoms with Gasteiger partial charge in [-0.3, -0.25) is 9.59 Å². The molecule has 8 nitrogen and oxygen atoms in total. The molecule has 1 atom stereocenters. The lowest BCUT2D eigenvalue weighted by molar-refractivity contribution is -0.138. The number of benzene rings is 1. The van der Waals surface area contributed by atoms with Crippen molar-refractivity contribution < 1.29 is 19.4 Å². The van der Waals surface area contributed by atoms with Crippen molar-refractivity contribution in [2.75, 3.05) is 7.11 Å². The van der Waals surface area contributed by atoms with Crippen LogP contribution < -0.4 is 10.1 Å². The number of methoxy groups -OCH3 is 1. The highest BCUT2D eigenvalue weighted by Crippen LogP contribution is 2.16. The second-order valence-corrected chi connectivity index (χ2v) is 4.67. The minimum atomic E-state index is -1.12. The van der Waals surface area contributed by atoms with E-state index in [9.17, 15) is 9.59 Å². The third-order valence-electron chi connectivity index (χ3n) is 3.14. The third kappa shape index (κ3) is 3.05. The van der Waals surface area contributed by atoms with Crippen LogP contribution in [0.4, 0.5) is 0 Å². The van der Waals surface area contributed by atoms with Gasteiger partial charge in [-0.15, -0.1) is 5.10 Å². The number of carbonyl (C=O) groups excluding carboxylic acids is 1. The topological polar surface area (TPSA) is 106 Å². The number of ether oxygens (including phenoxy) is 1. The fourth-order valence-corrected chi connectivity index (χ4v) is 1.83. The van der Waals surface area contributed by atoms with Gasteiger partial charge in [0.05, 0.1) is 18.5 Å². The lowest BCUT2D eigenvalue weighted by Crippen LogP contribution is -2.38. The van der Waals surface area contributed by atoms with Crippen LogP contribution >= 0.6 is 0 Å². The second-order valence-electron chi connectivity index (χ2n) is 4.67. The molecule has 2 N–H and O–H groups in total. The number of carboxylic acid groups (broad SMARTS) is 1. The summed E-state index contributed by atoms with van der Waals surface area (Å²) in [6.45, 7) is 3.06. The van der Waals surface area contributed by atoms with Gasteiger partial charge in [0, 0.05) is 0 Å². The Kier molecular flexibility index (Phi) is 4.40. The Morgan fingerprint density at radius 1 is 1.32 bits per heavy atom. The average molecular weight is 304 g/mol. The first kappa shape index (κ1) is 15.5. The quantitative estimate of drug-likeness (QED) is 0.845. The fraction of sp³-hybridized carbons (Fsp3) is 0.286. The van der Waals surface area contributed by atoms with Crippen molar-refractivity contribution in [3.63, 3.8) is 0 Å². The van der Waals surface area contributed by atoms with Crippen molar-refractivity contribution in [1.82, 2.24) is 20.3 Å². The lowest BCUT2D eigenvalue weighted by Gasteiger charge is -2.08. The largest absolute Gasteiger partial charge is 0.497 e. The summed E-state index contributed by atoms with van der Waals surface area (Å²) in [4.78, 5) is 22.8.